The number of rotatable bonds is 7. The minimum Gasteiger partial charge on any atom is -0.494 e. The zero-order valence-electron chi connectivity index (χ0n) is 19.5. The monoisotopic (exact) mass is 479 g/mol. The molecule has 2 heterocycles. The van der Waals surface area contributed by atoms with Gasteiger partial charge in [0.2, 0.25) is 5.91 Å². The number of hydrogen-bond donors (Lipinski definition) is 2. The standard InChI is InChI=1S/C23H33N3O6S/c1-4-30-23(28)25-22(33)24-17-13-16-9-8-15(2)21(27)26(18(16)14-19(17)29-3)10-12-32-20-7-5-6-11-31-20/h13-15,20H,4-12H2,1-3H3,(H2,24,25,28,33). The Labute approximate surface area is 200 Å². The average Bonchev–Trinajstić information content (AvgIpc) is 2.91. The maximum absolute atomic E-state index is 13.1. The molecule has 2 N–H and O–H groups in total. The molecule has 10 heteroatoms. The van der Waals surface area contributed by atoms with E-state index in [1.165, 1.54) is 0 Å². The molecule has 182 valence electrons. The van der Waals surface area contributed by atoms with Crippen LogP contribution in [0.3, 0.4) is 0 Å². The van der Waals surface area contributed by atoms with Crippen molar-refractivity contribution in [3.8, 4) is 5.75 Å². The van der Waals surface area contributed by atoms with Crippen molar-refractivity contribution >= 4 is 40.7 Å². The zero-order chi connectivity index (χ0) is 23.8. The van der Waals surface area contributed by atoms with E-state index in [0.717, 1.165) is 43.4 Å². The first-order valence-corrected chi connectivity index (χ1v) is 11.8. The first kappa shape index (κ1) is 25.2. The SMILES string of the molecule is CCOC(=O)NC(=S)Nc1cc2c(cc1OC)N(CCOC1CCCCO1)C(=O)C(C)CC2. The largest absolute Gasteiger partial charge is 0.494 e. The van der Waals surface area contributed by atoms with E-state index in [9.17, 15) is 9.59 Å². The number of aryl methyl sites for hydroxylation is 1. The molecule has 2 amide bonds. The van der Waals surface area contributed by atoms with E-state index < -0.39 is 6.09 Å². The predicted molar refractivity (Wildman–Crippen MR) is 129 cm³/mol. The van der Waals surface area contributed by atoms with Gasteiger partial charge in [-0.3, -0.25) is 10.1 Å². The van der Waals surface area contributed by atoms with Gasteiger partial charge in [0.1, 0.15) is 5.75 Å². The number of nitrogens with zero attached hydrogens (tertiary/aromatic N) is 1. The van der Waals surface area contributed by atoms with Gasteiger partial charge in [-0.05, 0) is 62.9 Å². The van der Waals surface area contributed by atoms with Crippen LogP contribution in [0.5, 0.6) is 5.75 Å². The van der Waals surface area contributed by atoms with E-state index >= 15 is 0 Å². The van der Waals surface area contributed by atoms with E-state index in [1.807, 2.05) is 19.1 Å². The van der Waals surface area contributed by atoms with Gasteiger partial charge in [0.15, 0.2) is 11.4 Å². The maximum atomic E-state index is 13.1. The topological polar surface area (TPSA) is 98.4 Å². The summed E-state index contributed by atoms with van der Waals surface area (Å²) in [5, 5.41) is 5.56. The van der Waals surface area contributed by atoms with Gasteiger partial charge in [0, 0.05) is 25.1 Å². The Morgan fingerprint density at radius 3 is 2.82 bits per heavy atom. The number of carbonyl (C=O) groups is 2. The summed E-state index contributed by atoms with van der Waals surface area (Å²) in [7, 11) is 1.55. The van der Waals surface area contributed by atoms with Crippen molar-refractivity contribution in [1.29, 1.82) is 0 Å². The molecule has 9 nitrogen and oxygen atoms in total. The summed E-state index contributed by atoms with van der Waals surface area (Å²) in [6.07, 6.45) is 3.65. The van der Waals surface area contributed by atoms with Crippen molar-refractivity contribution in [3.05, 3.63) is 17.7 Å². The predicted octanol–water partition coefficient (Wildman–Crippen LogP) is 3.60. The van der Waals surface area contributed by atoms with Crippen molar-refractivity contribution < 1.29 is 28.5 Å². The van der Waals surface area contributed by atoms with Crippen molar-refractivity contribution in [3.63, 3.8) is 0 Å². The molecule has 0 aliphatic carbocycles. The van der Waals surface area contributed by atoms with Crippen LogP contribution >= 0.6 is 12.2 Å². The highest BCUT2D eigenvalue weighted by molar-refractivity contribution is 7.80. The van der Waals surface area contributed by atoms with Gasteiger partial charge in [0.05, 0.1) is 31.7 Å². The molecule has 3 rings (SSSR count). The maximum Gasteiger partial charge on any atom is 0.413 e. The Morgan fingerprint density at radius 1 is 1.30 bits per heavy atom. The number of fused-ring (bicyclic) bond motifs is 1. The van der Waals surface area contributed by atoms with Crippen LogP contribution in [0.2, 0.25) is 0 Å². The highest BCUT2D eigenvalue weighted by atomic mass is 32.1. The van der Waals surface area contributed by atoms with E-state index in [0.29, 0.717) is 31.2 Å². The smallest absolute Gasteiger partial charge is 0.413 e. The van der Waals surface area contributed by atoms with Gasteiger partial charge < -0.3 is 29.2 Å². The molecule has 1 aromatic rings. The number of thiocarbonyl (C=S) groups is 1. The lowest BCUT2D eigenvalue weighted by Crippen LogP contribution is -2.38. The highest BCUT2D eigenvalue weighted by Crippen LogP contribution is 2.37. The van der Waals surface area contributed by atoms with Gasteiger partial charge in [0.25, 0.3) is 0 Å². The molecule has 2 unspecified atom stereocenters. The summed E-state index contributed by atoms with van der Waals surface area (Å²) in [6, 6.07) is 3.74. The number of amides is 2. The van der Waals surface area contributed by atoms with Gasteiger partial charge in [-0.1, -0.05) is 6.92 Å². The first-order valence-electron chi connectivity index (χ1n) is 11.4. The van der Waals surface area contributed by atoms with E-state index in [-0.39, 0.29) is 29.8 Å². The summed E-state index contributed by atoms with van der Waals surface area (Å²) < 4.78 is 21.9. The second kappa shape index (κ2) is 12.2. The fourth-order valence-electron chi connectivity index (χ4n) is 3.97. The van der Waals surface area contributed by atoms with Crippen LogP contribution in [0.1, 0.15) is 45.1 Å². The molecule has 2 aliphatic heterocycles. The number of nitrogens with one attached hydrogen (secondary N) is 2. The van der Waals surface area contributed by atoms with Gasteiger partial charge in [-0.25, -0.2) is 4.79 Å². The molecular weight excluding hydrogens is 446 g/mol. The molecule has 0 aromatic heterocycles. The Hall–Kier alpha value is -2.43. The van der Waals surface area contributed by atoms with Crippen LogP contribution in [0.15, 0.2) is 12.1 Å². The number of ether oxygens (including phenoxy) is 4. The van der Waals surface area contributed by atoms with Crippen LogP contribution in [-0.4, -0.2) is 56.9 Å². The van der Waals surface area contributed by atoms with Crippen molar-refractivity contribution in [1.82, 2.24) is 5.32 Å². The van der Waals surface area contributed by atoms with E-state index in [1.54, 1.807) is 18.9 Å². The Bertz CT molecular complexity index is 859. The number of benzene rings is 1. The quantitative estimate of drug-likeness (QED) is 0.573. The van der Waals surface area contributed by atoms with Gasteiger partial charge in [-0.2, -0.15) is 0 Å². The van der Waals surface area contributed by atoms with Gasteiger partial charge in [-0.15, -0.1) is 0 Å². The Morgan fingerprint density at radius 2 is 2.12 bits per heavy atom. The third-order valence-corrected chi connectivity index (χ3v) is 5.93. The summed E-state index contributed by atoms with van der Waals surface area (Å²) in [5.74, 6) is 0.451. The van der Waals surface area contributed by atoms with E-state index in [2.05, 4.69) is 10.6 Å². The highest BCUT2D eigenvalue weighted by Gasteiger charge is 2.29. The van der Waals surface area contributed by atoms with Crippen LogP contribution in [0.25, 0.3) is 0 Å². The van der Waals surface area contributed by atoms with Crippen molar-refractivity contribution in [2.75, 3.05) is 43.7 Å². The van der Waals surface area contributed by atoms with Crippen LogP contribution in [0.4, 0.5) is 16.2 Å². The molecule has 1 fully saturated rings. The molecular formula is C23H33N3O6S. The number of anilines is 2. The lowest BCUT2D eigenvalue weighted by molar-refractivity contribution is -0.161. The van der Waals surface area contributed by atoms with Crippen LogP contribution in [0, 0.1) is 5.92 Å². The van der Waals surface area contributed by atoms with E-state index in [4.69, 9.17) is 31.2 Å². The van der Waals surface area contributed by atoms with Crippen molar-refractivity contribution in [2.24, 2.45) is 5.92 Å². The van der Waals surface area contributed by atoms with Crippen molar-refractivity contribution in [2.45, 2.75) is 52.2 Å². The summed E-state index contributed by atoms with van der Waals surface area (Å²) >= 11 is 5.22. The fraction of sp³-hybridized carbons (Fsp3) is 0.609. The third-order valence-electron chi connectivity index (χ3n) is 5.72. The molecule has 33 heavy (non-hydrogen) atoms. The third kappa shape index (κ3) is 6.78. The van der Waals surface area contributed by atoms with Crippen LogP contribution in [-0.2, 0) is 25.4 Å². The second-order valence-electron chi connectivity index (χ2n) is 8.08. The summed E-state index contributed by atoms with van der Waals surface area (Å²) in [4.78, 5) is 26.6. The Kier molecular flexibility index (Phi) is 9.28. The number of carbonyl (C=O) groups excluding carboxylic acids is 2. The normalized spacial score (nSPS) is 20.5. The molecule has 1 aromatic carbocycles. The average molecular weight is 480 g/mol. The lowest BCUT2D eigenvalue weighted by atomic mass is 10.0. The molecule has 0 saturated carbocycles. The Balaban J connectivity index is 1.77. The zero-order valence-corrected chi connectivity index (χ0v) is 20.3. The minimum atomic E-state index is -0.628. The lowest BCUT2D eigenvalue weighted by Gasteiger charge is -2.28. The van der Waals surface area contributed by atoms with Gasteiger partial charge >= 0.3 is 6.09 Å². The molecule has 0 bridgehead atoms. The fourth-order valence-corrected chi connectivity index (χ4v) is 4.17. The second-order valence-corrected chi connectivity index (χ2v) is 8.49. The first-order chi connectivity index (χ1) is 15.9. The molecule has 0 radical (unpaired) electrons. The van der Waals surface area contributed by atoms with Crippen LogP contribution < -0.4 is 20.3 Å². The number of alkyl carbamates (subject to hydrolysis) is 1. The number of methoxy groups -OCH3 is 1. The minimum absolute atomic E-state index is 0.0594. The molecule has 0 spiro atoms. The molecule has 2 aliphatic rings. The summed E-state index contributed by atoms with van der Waals surface area (Å²) in [5.41, 5.74) is 2.39. The number of hydrogen-bond acceptors (Lipinski definition) is 7. The molecule has 1 saturated heterocycles. The summed E-state index contributed by atoms with van der Waals surface area (Å²) in [6.45, 7) is 5.43. The molecule has 2 atom stereocenters.